The lowest BCUT2D eigenvalue weighted by Gasteiger charge is -2.37. The Morgan fingerprint density at radius 1 is 0.947 bits per heavy atom. The van der Waals surface area contributed by atoms with Crippen LogP contribution in [-0.4, -0.2) is 32.1 Å². The van der Waals surface area contributed by atoms with E-state index in [4.69, 9.17) is 9.47 Å². The molecule has 1 atom stereocenters. The first-order valence-corrected chi connectivity index (χ1v) is 8.23. The first kappa shape index (κ1) is 16.9. The topological polar surface area (TPSA) is 30.5 Å². The molecule has 3 nitrogen and oxygen atoms in total. The molecule has 0 heterocycles. The summed E-state index contributed by atoms with van der Waals surface area (Å²) >= 11 is 0. The van der Waals surface area contributed by atoms with E-state index in [1.807, 2.05) is 13.8 Å². The van der Waals surface area contributed by atoms with E-state index in [0.717, 1.165) is 25.7 Å². The quantitative estimate of drug-likeness (QED) is 0.650. The summed E-state index contributed by atoms with van der Waals surface area (Å²) in [5.74, 6) is 1.64. The van der Waals surface area contributed by atoms with Crippen LogP contribution < -0.4 is 5.32 Å². The van der Waals surface area contributed by atoms with Gasteiger partial charge >= 0.3 is 0 Å². The molecule has 0 amide bonds. The Morgan fingerprint density at radius 3 is 1.95 bits per heavy atom. The highest BCUT2D eigenvalue weighted by Gasteiger charge is 2.32. The smallest absolute Gasteiger partial charge is 0.172 e. The molecule has 1 aliphatic carbocycles. The second-order valence-corrected chi connectivity index (χ2v) is 5.55. The van der Waals surface area contributed by atoms with Gasteiger partial charge in [0.2, 0.25) is 0 Å². The minimum Gasteiger partial charge on any atom is -0.351 e. The van der Waals surface area contributed by atoms with Crippen molar-refractivity contribution in [3.63, 3.8) is 0 Å². The molecule has 0 radical (unpaired) electrons. The number of nitrogens with one attached hydrogen (secondary N) is 1. The zero-order valence-corrected chi connectivity index (χ0v) is 13.3. The van der Waals surface area contributed by atoms with Gasteiger partial charge in [-0.05, 0) is 45.1 Å². The molecule has 1 fully saturated rings. The molecular formula is C16H33NO2. The Morgan fingerprint density at radius 2 is 1.53 bits per heavy atom. The summed E-state index contributed by atoms with van der Waals surface area (Å²) in [5.41, 5.74) is 0. The van der Waals surface area contributed by atoms with E-state index in [-0.39, 0.29) is 6.29 Å². The van der Waals surface area contributed by atoms with Crippen molar-refractivity contribution in [3.8, 4) is 0 Å². The van der Waals surface area contributed by atoms with Crippen LogP contribution in [0.4, 0.5) is 0 Å². The maximum absolute atomic E-state index is 5.82. The molecule has 19 heavy (non-hydrogen) atoms. The summed E-state index contributed by atoms with van der Waals surface area (Å²) < 4.78 is 11.6. The predicted molar refractivity (Wildman–Crippen MR) is 80.2 cm³/mol. The van der Waals surface area contributed by atoms with Crippen LogP contribution in [0.15, 0.2) is 0 Å². The second-order valence-electron chi connectivity index (χ2n) is 5.55. The highest BCUT2D eigenvalue weighted by Crippen LogP contribution is 2.33. The normalized spacial score (nSPS) is 25.7. The minimum absolute atomic E-state index is 0.0851. The van der Waals surface area contributed by atoms with E-state index in [0.29, 0.717) is 12.0 Å². The number of rotatable bonds is 9. The first-order valence-electron chi connectivity index (χ1n) is 8.23. The number of likely N-dealkylation sites (N-methyl/N-ethyl adjacent to an activating group) is 1. The highest BCUT2D eigenvalue weighted by molar-refractivity contribution is 4.84. The van der Waals surface area contributed by atoms with E-state index < -0.39 is 0 Å². The molecule has 1 N–H and O–H groups in total. The average Bonchev–Trinajstić information content (AvgIpc) is 2.45. The van der Waals surface area contributed by atoms with Gasteiger partial charge in [-0.2, -0.15) is 0 Å². The van der Waals surface area contributed by atoms with Crippen molar-refractivity contribution < 1.29 is 9.47 Å². The predicted octanol–water partition coefficient (Wildman–Crippen LogP) is 3.58. The Bertz CT molecular complexity index is 209. The van der Waals surface area contributed by atoms with Crippen LogP contribution >= 0.6 is 0 Å². The number of hydrogen-bond donors (Lipinski definition) is 1. The van der Waals surface area contributed by atoms with Gasteiger partial charge in [0.1, 0.15) is 0 Å². The third-order valence-corrected chi connectivity index (χ3v) is 4.37. The van der Waals surface area contributed by atoms with E-state index in [1.54, 1.807) is 0 Å². The van der Waals surface area contributed by atoms with Crippen molar-refractivity contribution >= 4 is 0 Å². The molecule has 0 spiro atoms. The highest BCUT2D eigenvalue weighted by atomic mass is 16.7. The zero-order valence-electron chi connectivity index (χ0n) is 13.3. The van der Waals surface area contributed by atoms with Gasteiger partial charge in [-0.1, -0.05) is 33.1 Å². The van der Waals surface area contributed by atoms with E-state index >= 15 is 0 Å². The first-order chi connectivity index (χ1) is 9.26. The van der Waals surface area contributed by atoms with Crippen LogP contribution in [-0.2, 0) is 9.47 Å². The van der Waals surface area contributed by atoms with Crippen LogP contribution in [0.2, 0.25) is 0 Å². The maximum Gasteiger partial charge on any atom is 0.172 e. The monoisotopic (exact) mass is 271 g/mol. The number of hydrogen-bond acceptors (Lipinski definition) is 3. The van der Waals surface area contributed by atoms with Gasteiger partial charge in [0.05, 0.1) is 6.04 Å². The Hall–Kier alpha value is -0.120. The zero-order chi connectivity index (χ0) is 14.1. The Labute approximate surface area is 119 Å². The van der Waals surface area contributed by atoms with Gasteiger partial charge in [0.15, 0.2) is 6.29 Å². The summed E-state index contributed by atoms with van der Waals surface area (Å²) in [7, 11) is 0. The summed E-state index contributed by atoms with van der Waals surface area (Å²) in [4.78, 5) is 0. The van der Waals surface area contributed by atoms with E-state index in [9.17, 15) is 0 Å². The molecule has 0 aliphatic heterocycles. The fraction of sp³-hybridized carbons (Fsp3) is 1.00. The molecule has 0 aromatic carbocycles. The molecule has 0 aromatic rings. The summed E-state index contributed by atoms with van der Waals surface area (Å²) in [6.07, 6.45) is 6.61. The fourth-order valence-electron chi connectivity index (χ4n) is 3.26. The van der Waals surface area contributed by atoms with Crippen molar-refractivity contribution in [2.75, 3.05) is 19.8 Å². The number of ether oxygens (including phenoxy) is 2. The average molecular weight is 271 g/mol. The van der Waals surface area contributed by atoms with Gasteiger partial charge in [-0.15, -0.1) is 0 Å². The lowest BCUT2D eigenvalue weighted by molar-refractivity contribution is -0.164. The lowest BCUT2D eigenvalue weighted by Crippen LogP contribution is -2.49. The minimum atomic E-state index is -0.0851. The Kier molecular flexibility index (Phi) is 8.67. The molecule has 3 heteroatoms. The van der Waals surface area contributed by atoms with Gasteiger partial charge in [0.25, 0.3) is 0 Å². The summed E-state index contributed by atoms with van der Waals surface area (Å²) in [6, 6.07) is 0.350. The Balaban J connectivity index is 2.58. The third-order valence-electron chi connectivity index (χ3n) is 4.37. The molecule has 1 aliphatic rings. The molecule has 114 valence electrons. The molecular weight excluding hydrogens is 238 g/mol. The van der Waals surface area contributed by atoms with Gasteiger partial charge in [-0.3, -0.25) is 0 Å². The maximum atomic E-state index is 5.82. The second kappa shape index (κ2) is 9.73. The molecule has 0 bridgehead atoms. The van der Waals surface area contributed by atoms with Gasteiger partial charge in [0, 0.05) is 13.2 Å². The molecule has 0 aromatic heterocycles. The molecule has 1 saturated carbocycles. The van der Waals surface area contributed by atoms with Gasteiger partial charge < -0.3 is 14.8 Å². The summed E-state index contributed by atoms with van der Waals surface area (Å²) in [6.45, 7) is 11.0. The van der Waals surface area contributed by atoms with Crippen LogP contribution in [0.25, 0.3) is 0 Å². The SMILES string of the molecule is CCNC(C1CCC(CC)CC1)C(OCC)OCC. The largest absolute Gasteiger partial charge is 0.351 e. The van der Waals surface area contributed by atoms with Gasteiger partial charge in [-0.25, -0.2) is 0 Å². The van der Waals surface area contributed by atoms with Crippen molar-refractivity contribution in [1.29, 1.82) is 0 Å². The van der Waals surface area contributed by atoms with Crippen LogP contribution in [0.1, 0.15) is 59.8 Å². The van der Waals surface area contributed by atoms with E-state index in [2.05, 4.69) is 19.2 Å². The molecule has 0 saturated heterocycles. The lowest BCUT2D eigenvalue weighted by atomic mass is 9.77. The van der Waals surface area contributed by atoms with E-state index in [1.165, 1.54) is 32.1 Å². The molecule has 1 unspecified atom stereocenters. The third kappa shape index (κ3) is 5.41. The molecule has 1 rings (SSSR count). The summed E-state index contributed by atoms with van der Waals surface area (Å²) in [5, 5.41) is 3.60. The van der Waals surface area contributed by atoms with Crippen molar-refractivity contribution in [2.24, 2.45) is 11.8 Å². The van der Waals surface area contributed by atoms with Crippen molar-refractivity contribution in [1.82, 2.24) is 5.32 Å². The van der Waals surface area contributed by atoms with Crippen LogP contribution in [0.3, 0.4) is 0 Å². The van der Waals surface area contributed by atoms with Crippen LogP contribution in [0.5, 0.6) is 0 Å². The fourth-order valence-corrected chi connectivity index (χ4v) is 3.26. The van der Waals surface area contributed by atoms with Crippen molar-refractivity contribution in [3.05, 3.63) is 0 Å². The van der Waals surface area contributed by atoms with Crippen LogP contribution in [0, 0.1) is 11.8 Å². The van der Waals surface area contributed by atoms with Crippen molar-refractivity contribution in [2.45, 2.75) is 72.1 Å². The standard InChI is InChI=1S/C16H33NO2/c1-5-13-9-11-14(12-10-13)15(17-6-2)16(18-7-3)19-8-4/h13-17H,5-12H2,1-4H3.